The van der Waals surface area contributed by atoms with Crippen molar-refractivity contribution in [3.63, 3.8) is 0 Å². The Morgan fingerprint density at radius 2 is 1.70 bits per heavy atom. The Hall–Kier alpha value is -0.980. The Labute approximate surface area is 237 Å². The largest absolute Gasteiger partial charge is 0.487 e. The highest BCUT2D eigenvalue weighted by Crippen LogP contribution is 2.36. The van der Waals surface area contributed by atoms with Crippen molar-refractivity contribution in [2.75, 3.05) is 0 Å². The molecule has 1 heterocycles. The Morgan fingerprint density at radius 3 is 2.42 bits per heavy atom. The van der Waals surface area contributed by atoms with E-state index in [2.05, 4.69) is 55.5 Å². The molecule has 3 aromatic rings. The molecule has 1 saturated heterocycles. The molecule has 10 heteroatoms. The van der Waals surface area contributed by atoms with Gasteiger partial charge in [0.1, 0.15) is 12.4 Å². The Bertz CT molecular complexity index is 1290. The van der Waals surface area contributed by atoms with E-state index in [-0.39, 0.29) is 5.91 Å². The topological polar surface area (TPSA) is 50.7 Å². The standard InChI is InChI=1S/C23H13Cl3I2N2O2S/c24-14-5-2-1-4-13(14)11-32-21-16(27)8-12(9-17(21)28)10-19-22(31)30-23(33-19)29-18-7-3-6-15(25)20(18)26/h1-10H,11H2,(H,29,30,31)/b19-10+. The summed E-state index contributed by atoms with van der Waals surface area (Å²) < 4.78 is 7.90. The molecule has 33 heavy (non-hydrogen) atoms. The Balaban J connectivity index is 1.53. The molecule has 0 aliphatic carbocycles. The molecular formula is C23H13Cl3I2N2O2S. The monoisotopic (exact) mass is 740 g/mol. The van der Waals surface area contributed by atoms with Gasteiger partial charge in [0, 0.05) is 10.6 Å². The number of hydrogen-bond acceptors (Lipinski definition) is 4. The van der Waals surface area contributed by atoms with Crippen molar-refractivity contribution in [3.05, 3.63) is 92.8 Å². The molecule has 1 aliphatic heterocycles. The number of nitrogens with one attached hydrogen (secondary N) is 1. The molecule has 0 aromatic heterocycles. The summed E-state index contributed by atoms with van der Waals surface area (Å²) in [7, 11) is 0. The van der Waals surface area contributed by atoms with Gasteiger partial charge in [-0.3, -0.25) is 4.79 Å². The number of hydrogen-bond donors (Lipinski definition) is 1. The molecule has 1 fully saturated rings. The van der Waals surface area contributed by atoms with E-state index in [4.69, 9.17) is 39.5 Å². The average molecular weight is 742 g/mol. The minimum atomic E-state index is -0.221. The first-order chi connectivity index (χ1) is 15.8. The van der Waals surface area contributed by atoms with Crippen LogP contribution < -0.4 is 10.1 Å². The molecule has 0 bridgehead atoms. The van der Waals surface area contributed by atoms with Crippen molar-refractivity contribution in [1.82, 2.24) is 5.32 Å². The number of nitrogens with zero attached hydrogens (tertiary/aromatic N) is 1. The van der Waals surface area contributed by atoms with Gasteiger partial charge in [-0.25, -0.2) is 4.99 Å². The number of halogens is 5. The zero-order valence-corrected chi connectivity index (χ0v) is 23.9. The van der Waals surface area contributed by atoms with Crippen molar-refractivity contribution >= 4 is 115 Å². The van der Waals surface area contributed by atoms with Crippen LogP contribution in [-0.4, -0.2) is 11.1 Å². The third-order valence-corrected chi connectivity index (χ3v) is 8.14. The van der Waals surface area contributed by atoms with Gasteiger partial charge in [-0.05, 0) is 98.9 Å². The minimum absolute atomic E-state index is 0.221. The molecule has 4 nitrogen and oxygen atoms in total. The van der Waals surface area contributed by atoms with Crippen molar-refractivity contribution in [1.29, 1.82) is 0 Å². The van der Waals surface area contributed by atoms with Gasteiger partial charge in [0.2, 0.25) is 0 Å². The van der Waals surface area contributed by atoms with Gasteiger partial charge in [-0.1, -0.05) is 59.1 Å². The first kappa shape index (κ1) is 25.1. The number of amides is 1. The predicted molar refractivity (Wildman–Crippen MR) is 155 cm³/mol. The van der Waals surface area contributed by atoms with Crippen LogP contribution in [0.5, 0.6) is 5.75 Å². The van der Waals surface area contributed by atoms with Crippen LogP contribution >= 0.6 is 91.7 Å². The summed E-state index contributed by atoms with van der Waals surface area (Å²) in [6.07, 6.45) is 1.82. The average Bonchev–Trinajstić information content (AvgIpc) is 3.10. The summed E-state index contributed by atoms with van der Waals surface area (Å²) >= 11 is 24.2. The zero-order valence-electron chi connectivity index (χ0n) is 16.5. The van der Waals surface area contributed by atoms with Crippen LogP contribution in [0.3, 0.4) is 0 Å². The van der Waals surface area contributed by atoms with Crippen LogP contribution in [0.15, 0.2) is 64.5 Å². The van der Waals surface area contributed by atoms with E-state index in [0.717, 1.165) is 24.0 Å². The molecule has 3 aromatic carbocycles. The van der Waals surface area contributed by atoms with Gasteiger partial charge in [-0.2, -0.15) is 0 Å². The molecule has 0 radical (unpaired) electrons. The van der Waals surface area contributed by atoms with E-state index < -0.39 is 0 Å². The fraction of sp³-hybridized carbons (Fsp3) is 0.0435. The highest BCUT2D eigenvalue weighted by Gasteiger charge is 2.24. The smallest absolute Gasteiger partial charge is 0.264 e. The normalized spacial score (nSPS) is 15.8. The van der Waals surface area contributed by atoms with Gasteiger partial charge in [0.25, 0.3) is 5.91 Å². The number of carbonyl (C=O) groups excluding carboxylic acids is 1. The predicted octanol–water partition coefficient (Wildman–Crippen LogP) is 8.33. The second kappa shape index (κ2) is 11.2. The number of carbonyl (C=O) groups is 1. The molecule has 0 saturated carbocycles. The van der Waals surface area contributed by atoms with E-state index in [1.807, 2.05) is 42.5 Å². The van der Waals surface area contributed by atoms with Gasteiger partial charge < -0.3 is 10.1 Å². The lowest BCUT2D eigenvalue weighted by Gasteiger charge is -2.12. The van der Waals surface area contributed by atoms with Gasteiger partial charge in [-0.15, -0.1) is 0 Å². The van der Waals surface area contributed by atoms with E-state index >= 15 is 0 Å². The summed E-state index contributed by atoms with van der Waals surface area (Å²) in [6.45, 7) is 0.371. The molecule has 0 unspecified atom stereocenters. The van der Waals surface area contributed by atoms with Crippen molar-refractivity contribution in [2.45, 2.75) is 6.61 Å². The van der Waals surface area contributed by atoms with E-state index in [1.165, 1.54) is 11.8 Å². The summed E-state index contributed by atoms with van der Waals surface area (Å²) in [5, 5.41) is 4.63. The number of amidine groups is 1. The third-order valence-electron chi connectivity index (χ3n) is 4.45. The number of aliphatic imine (C=N–C) groups is 1. The molecular weight excluding hydrogens is 728 g/mol. The molecule has 168 valence electrons. The Morgan fingerprint density at radius 1 is 1.00 bits per heavy atom. The van der Waals surface area contributed by atoms with Gasteiger partial charge >= 0.3 is 0 Å². The number of benzene rings is 3. The molecule has 0 atom stereocenters. The summed E-state index contributed by atoms with van der Waals surface area (Å²) in [5.41, 5.74) is 2.30. The molecule has 1 N–H and O–H groups in total. The minimum Gasteiger partial charge on any atom is -0.487 e. The maximum Gasteiger partial charge on any atom is 0.264 e. The van der Waals surface area contributed by atoms with Crippen molar-refractivity contribution in [2.24, 2.45) is 4.99 Å². The van der Waals surface area contributed by atoms with Gasteiger partial charge in [0.15, 0.2) is 5.17 Å². The highest BCUT2D eigenvalue weighted by atomic mass is 127. The quantitative estimate of drug-likeness (QED) is 0.212. The maximum absolute atomic E-state index is 12.5. The summed E-state index contributed by atoms with van der Waals surface area (Å²) in [5.74, 6) is 0.556. The van der Waals surface area contributed by atoms with Crippen LogP contribution in [0.25, 0.3) is 6.08 Å². The fourth-order valence-corrected chi connectivity index (χ4v) is 6.38. The lowest BCUT2D eigenvalue weighted by molar-refractivity contribution is -0.115. The molecule has 1 amide bonds. The van der Waals surface area contributed by atoms with E-state index in [0.29, 0.717) is 37.4 Å². The van der Waals surface area contributed by atoms with E-state index in [9.17, 15) is 4.79 Å². The summed E-state index contributed by atoms with van der Waals surface area (Å²) in [4.78, 5) is 17.4. The third kappa shape index (κ3) is 6.18. The lowest BCUT2D eigenvalue weighted by Crippen LogP contribution is -2.19. The highest BCUT2D eigenvalue weighted by molar-refractivity contribution is 14.1. The first-order valence-electron chi connectivity index (χ1n) is 9.40. The second-order valence-electron chi connectivity index (χ2n) is 6.75. The number of ether oxygens (including phenoxy) is 1. The Kier molecular flexibility index (Phi) is 8.51. The SMILES string of the molecule is O=C1NC(=Nc2cccc(Cl)c2Cl)S/C1=C/c1cc(I)c(OCc2ccccc2Cl)c(I)c1. The number of thioether (sulfide) groups is 1. The second-order valence-corrected chi connectivity index (χ2v) is 11.3. The van der Waals surface area contributed by atoms with Crippen LogP contribution in [0.4, 0.5) is 5.69 Å². The van der Waals surface area contributed by atoms with Crippen molar-refractivity contribution in [3.8, 4) is 5.75 Å². The fourth-order valence-electron chi connectivity index (χ4n) is 2.89. The van der Waals surface area contributed by atoms with E-state index in [1.54, 1.807) is 18.2 Å². The van der Waals surface area contributed by atoms with Crippen LogP contribution in [0, 0.1) is 7.14 Å². The molecule has 0 spiro atoms. The number of rotatable bonds is 5. The maximum atomic E-state index is 12.5. The van der Waals surface area contributed by atoms with Crippen LogP contribution in [-0.2, 0) is 11.4 Å². The lowest BCUT2D eigenvalue weighted by atomic mass is 10.2. The van der Waals surface area contributed by atoms with Crippen LogP contribution in [0.2, 0.25) is 15.1 Å². The zero-order chi connectivity index (χ0) is 23.5. The first-order valence-corrected chi connectivity index (χ1v) is 13.5. The molecule has 4 rings (SSSR count). The summed E-state index contributed by atoms with van der Waals surface area (Å²) in [6, 6.07) is 16.7. The van der Waals surface area contributed by atoms with Gasteiger partial charge in [0.05, 0.1) is 27.8 Å². The van der Waals surface area contributed by atoms with Crippen LogP contribution in [0.1, 0.15) is 11.1 Å². The molecule has 1 aliphatic rings. The van der Waals surface area contributed by atoms with Crippen molar-refractivity contribution < 1.29 is 9.53 Å².